The molecule has 0 aliphatic heterocycles. The van der Waals surface area contributed by atoms with Crippen LogP contribution in [0, 0.1) is 0 Å². The smallest absolute Gasteiger partial charge is 0.326 e. The second-order valence-electron chi connectivity index (χ2n) is 4.18. The first-order valence-corrected chi connectivity index (χ1v) is 7.91. The molecule has 0 saturated carbocycles. The molecule has 8 nitrogen and oxygen atoms in total. The summed E-state index contributed by atoms with van der Waals surface area (Å²) in [7, 11) is -2.42. The van der Waals surface area contributed by atoms with E-state index in [1.807, 2.05) is 0 Å². The van der Waals surface area contributed by atoms with Crippen molar-refractivity contribution < 1.29 is 18.3 Å². The van der Waals surface area contributed by atoms with E-state index >= 15 is 0 Å². The quantitative estimate of drug-likeness (QED) is 0.795. The fraction of sp³-hybridized carbons (Fsp3) is 0.182. The normalized spacial score (nSPS) is 13.0. The van der Waals surface area contributed by atoms with Crippen molar-refractivity contribution in [3.05, 3.63) is 40.9 Å². The molecule has 2 aromatic heterocycles. The number of nitrogens with one attached hydrogen (secondary N) is 1. The van der Waals surface area contributed by atoms with Gasteiger partial charge in [0.1, 0.15) is 10.9 Å². The third-order valence-electron chi connectivity index (χ3n) is 2.57. The van der Waals surface area contributed by atoms with Gasteiger partial charge in [0.2, 0.25) is 10.0 Å². The molecule has 0 fully saturated rings. The highest BCUT2D eigenvalue weighted by Gasteiger charge is 2.28. The van der Waals surface area contributed by atoms with Crippen LogP contribution >= 0.6 is 15.9 Å². The van der Waals surface area contributed by atoms with Crippen LogP contribution in [0.15, 0.2) is 40.2 Å². The summed E-state index contributed by atoms with van der Waals surface area (Å²) in [5.41, 5.74) is 0.233. The van der Waals surface area contributed by atoms with Crippen molar-refractivity contribution in [2.24, 2.45) is 7.05 Å². The molecule has 2 heterocycles. The second kappa shape index (κ2) is 5.92. The minimum Gasteiger partial charge on any atom is -0.480 e. The van der Waals surface area contributed by atoms with Gasteiger partial charge in [0.25, 0.3) is 0 Å². The molecule has 0 aromatic carbocycles. The Morgan fingerprint density at radius 3 is 2.67 bits per heavy atom. The number of hydrogen-bond donors (Lipinski definition) is 2. The minimum absolute atomic E-state index is 0.132. The number of rotatable bonds is 5. The maximum Gasteiger partial charge on any atom is 0.326 e. The van der Waals surface area contributed by atoms with Crippen LogP contribution in [0.4, 0.5) is 0 Å². The van der Waals surface area contributed by atoms with Crippen LogP contribution in [0.1, 0.15) is 11.6 Å². The predicted octanol–water partition coefficient (Wildman–Crippen LogP) is 0.682. The molecule has 0 radical (unpaired) electrons. The van der Waals surface area contributed by atoms with Gasteiger partial charge in [0, 0.05) is 35.7 Å². The van der Waals surface area contributed by atoms with Crippen molar-refractivity contribution in [1.82, 2.24) is 19.5 Å². The lowest BCUT2D eigenvalue weighted by atomic mass is 10.2. The first-order valence-electron chi connectivity index (χ1n) is 5.64. The van der Waals surface area contributed by atoms with Gasteiger partial charge in [0.15, 0.2) is 0 Å². The Morgan fingerprint density at radius 1 is 1.43 bits per heavy atom. The molecule has 10 heteroatoms. The number of carboxylic acid groups (broad SMARTS) is 1. The molecule has 0 aliphatic carbocycles. The van der Waals surface area contributed by atoms with Crippen LogP contribution in [-0.4, -0.2) is 34.3 Å². The Morgan fingerprint density at radius 2 is 2.14 bits per heavy atom. The van der Waals surface area contributed by atoms with Crippen LogP contribution in [0.5, 0.6) is 0 Å². The Kier molecular flexibility index (Phi) is 4.40. The molecule has 112 valence electrons. The summed E-state index contributed by atoms with van der Waals surface area (Å²) in [6.45, 7) is 0. The largest absolute Gasteiger partial charge is 0.480 e. The molecule has 0 aliphatic rings. The molecular weight excluding hydrogens is 364 g/mol. The van der Waals surface area contributed by atoms with Crippen molar-refractivity contribution in [3.63, 3.8) is 0 Å². The van der Waals surface area contributed by atoms with E-state index in [0.717, 1.165) is 6.20 Å². The van der Waals surface area contributed by atoms with E-state index in [1.165, 1.54) is 29.3 Å². The maximum atomic E-state index is 12.2. The van der Waals surface area contributed by atoms with E-state index in [1.54, 1.807) is 7.05 Å². The summed E-state index contributed by atoms with van der Waals surface area (Å²) in [6, 6.07) is -0.0972. The molecule has 0 bridgehead atoms. The van der Waals surface area contributed by atoms with Gasteiger partial charge in [-0.2, -0.15) is 9.82 Å². The van der Waals surface area contributed by atoms with Crippen LogP contribution in [-0.2, 0) is 21.9 Å². The Balaban J connectivity index is 2.34. The third-order valence-corrected chi connectivity index (χ3v) is 4.39. The number of aliphatic carboxylic acids is 1. The maximum absolute atomic E-state index is 12.2. The summed E-state index contributed by atoms with van der Waals surface area (Å²) in [5, 5.41) is 13.0. The molecule has 1 atom stereocenters. The summed E-state index contributed by atoms with van der Waals surface area (Å²) < 4.78 is 28.4. The number of carboxylic acids is 1. The van der Waals surface area contributed by atoms with Gasteiger partial charge < -0.3 is 5.11 Å². The van der Waals surface area contributed by atoms with Crippen molar-refractivity contribution in [2.45, 2.75) is 10.9 Å². The number of hydrogen-bond acceptors (Lipinski definition) is 5. The van der Waals surface area contributed by atoms with Crippen molar-refractivity contribution in [1.29, 1.82) is 0 Å². The van der Waals surface area contributed by atoms with E-state index in [2.05, 4.69) is 30.7 Å². The van der Waals surface area contributed by atoms with Crippen molar-refractivity contribution in [3.8, 4) is 0 Å². The van der Waals surface area contributed by atoms with E-state index < -0.39 is 22.0 Å². The van der Waals surface area contributed by atoms with Crippen molar-refractivity contribution >= 4 is 31.9 Å². The fourth-order valence-electron chi connectivity index (χ4n) is 1.61. The average Bonchev–Trinajstić information content (AvgIpc) is 2.82. The SMILES string of the molecule is Cn1cc(C(NS(=O)(=O)c2cncc(Br)c2)C(=O)O)cn1. The topological polar surface area (TPSA) is 114 Å². The van der Waals surface area contributed by atoms with Gasteiger partial charge >= 0.3 is 5.97 Å². The number of nitrogens with zero attached hydrogens (tertiary/aromatic N) is 3. The number of aryl methyl sites for hydroxylation is 1. The molecule has 1 unspecified atom stereocenters. The Bertz CT molecular complexity index is 774. The van der Waals surface area contributed by atoms with Gasteiger partial charge in [-0.15, -0.1) is 0 Å². The van der Waals surface area contributed by atoms with Gasteiger partial charge in [-0.1, -0.05) is 0 Å². The molecular formula is C11H11BrN4O4S. The lowest BCUT2D eigenvalue weighted by Gasteiger charge is -2.13. The zero-order valence-corrected chi connectivity index (χ0v) is 13.2. The molecule has 21 heavy (non-hydrogen) atoms. The van der Waals surface area contributed by atoms with Gasteiger partial charge in [-0.3, -0.25) is 14.5 Å². The molecule has 2 N–H and O–H groups in total. The predicted molar refractivity (Wildman–Crippen MR) is 75.8 cm³/mol. The first-order chi connectivity index (χ1) is 9.79. The highest BCUT2D eigenvalue weighted by Crippen LogP contribution is 2.19. The number of carbonyl (C=O) groups is 1. The van der Waals surface area contributed by atoms with E-state index in [4.69, 9.17) is 0 Å². The lowest BCUT2D eigenvalue weighted by molar-refractivity contribution is -0.139. The number of sulfonamides is 1. The summed E-state index contributed by atoms with van der Waals surface area (Å²) >= 11 is 3.11. The molecule has 0 amide bonds. The Hall–Kier alpha value is -1.78. The van der Waals surface area contributed by atoms with Crippen LogP contribution in [0.2, 0.25) is 0 Å². The van der Waals surface area contributed by atoms with Gasteiger partial charge in [0.05, 0.1) is 6.20 Å². The highest BCUT2D eigenvalue weighted by atomic mass is 79.9. The van der Waals surface area contributed by atoms with Crippen LogP contribution < -0.4 is 4.72 Å². The zero-order valence-electron chi connectivity index (χ0n) is 10.8. The Labute approximate surface area is 129 Å². The van der Waals surface area contributed by atoms with Crippen LogP contribution in [0.3, 0.4) is 0 Å². The standard InChI is InChI=1S/C11H11BrN4O4S/c1-16-6-7(3-14-16)10(11(17)18)15-21(19,20)9-2-8(12)4-13-5-9/h2-6,10,15H,1H3,(H,17,18). The third kappa shape index (κ3) is 3.65. The molecule has 0 saturated heterocycles. The number of pyridine rings is 1. The first kappa shape index (κ1) is 15.6. The molecule has 2 aromatic rings. The van der Waals surface area contributed by atoms with Gasteiger partial charge in [-0.05, 0) is 22.0 Å². The highest BCUT2D eigenvalue weighted by molar-refractivity contribution is 9.10. The second-order valence-corrected chi connectivity index (χ2v) is 6.81. The van der Waals surface area contributed by atoms with E-state index in [9.17, 15) is 18.3 Å². The van der Waals surface area contributed by atoms with Crippen molar-refractivity contribution in [2.75, 3.05) is 0 Å². The summed E-state index contributed by atoms with van der Waals surface area (Å²) in [6.07, 6.45) is 5.28. The number of halogens is 1. The lowest BCUT2D eigenvalue weighted by Crippen LogP contribution is -2.33. The zero-order chi connectivity index (χ0) is 15.6. The molecule has 2 rings (SSSR count). The molecule has 0 spiro atoms. The monoisotopic (exact) mass is 374 g/mol. The number of aromatic nitrogens is 3. The summed E-state index contributed by atoms with van der Waals surface area (Å²) in [4.78, 5) is 14.9. The summed E-state index contributed by atoms with van der Waals surface area (Å²) in [5.74, 6) is -1.32. The van der Waals surface area contributed by atoms with E-state index in [0.29, 0.717) is 4.47 Å². The fourth-order valence-corrected chi connectivity index (χ4v) is 3.29. The van der Waals surface area contributed by atoms with E-state index in [-0.39, 0.29) is 10.5 Å². The van der Waals surface area contributed by atoms with Crippen LogP contribution in [0.25, 0.3) is 0 Å². The minimum atomic E-state index is -4.03. The average molecular weight is 375 g/mol. The van der Waals surface area contributed by atoms with Gasteiger partial charge in [-0.25, -0.2) is 8.42 Å².